The van der Waals surface area contributed by atoms with Crippen LogP contribution in [0.2, 0.25) is 0 Å². The van der Waals surface area contributed by atoms with Crippen molar-refractivity contribution in [2.75, 3.05) is 0 Å². The Morgan fingerprint density at radius 1 is 0.947 bits per heavy atom. The SMILES string of the molecule is O=C(O)[C@@H]1CC(F)(F)CC[C@H]1C1CCC(F)(F)CC1. The fourth-order valence-corrected chi connectivity index (χ4v) is 3.48. The molecule has 0 amide bonds. The van der Waals surface area contributed by atoms with Gasteiger partial charge in [0, 0.05) is 25.7 Å². The average molecular weight is 282 g/mol. The van der Waals surface area contributed by atoms with Gasteiger partial charge in [0.2, 0.25) is 11.8 Å². The van der Waals surface area contributed by atoms with Crippen LogP contribution in [0, 0.1) is 17.8 Å². The number of carboxylic acids is 1. The van der Waals surface area contributed by atoms with E-state index >= 15 is 0 Å². The van der Waals surface area contributed by atoms with Crippen molar-refractivity contribution in [1.29, 1.82) is 0 Å². The monoisotopic (exact) mass is 282 g/mol. The molecule has 0 aliphatic heterocycles. The topological polar surface area (TPSA) is 37.3 Å². The summed E-state index contributed by atoms with van der Waals surface area (Å²) in [5.41, 5.74) is 0. The Hall–Kier alpha value is -0.810. The molecule has 2 fully saturated rings. The normalized spacial score (nSPS) is 34.9. The first kappa shape index (κ1) is 14.6. The molecule has 110 valence electrons. The molecule has 2 aliphatic carbocycles. The maximum absolute atomic E-state index is 13.3. The molecule has 2 aliphatic rings. The molecule has 0 radical (unpaired) electrons. The van der Waals surface area contributed by atoms with Gasteiger partial charge in [0.25, 0.3) is 0 Å². The van der Waals surface area contributed by atoms with Crippen molar-refractivity contribution in [2.24, 2.45) is 17.8 Å². The van der Waals surface area contributed by atoms with Gasteiger partial charge in [-0.1, -0.05) is 0 Å². The maximum Gasteiger partial charge on any atom is 0.307 e. The summed E-state index contributed by atoms with van der Waals surface area (Å²) < 4.78 is 52.8. The molecule has 19 heavy (non-hydrogen) atoms. The maximum atomic E-state index is 13.3. The van der Waals surface area contributed by atoms with Crippen LogP contribution in [0.4, 0.5) is 17.6 Å². The second-order valence-corrected chi connectivity index (χ2v) is 5.90. The van der Waals surface area contributed by atoms with Crippen LogP contribution in [0.15, 0.2) is 0 Å². The second kappa shape index (κ2) is 4.94. The zero-order valence-electron chi connectivity index (χ0n) is 10.5. The largest absolute Gasteiger partial charge is 0.481 e. The Kier molecular flexibility index (Phi) is 3.80. The summed E-state index contributed by atoms with van der Waals surface area (Å²) in [6.45, 7) is 0. The highest BCUT2D eigenvalue weighted by atomic mass is 19.3. The lowest BCUT2D eigenvalue weighted by molar-refractivity contribution is -0.157. The molecular weight excluding hydrogens is 264 g/mol. The molecule has 2 atom stereocenters. The van der Waals surface area contributed by atoms with Gasteiger partial charge in [0.1, 0.15) is 0 Å². The van der Waals surface area contributed by atoms with Crippen molar-refractivity contribution in [3.8, 4) is 0 Å². The van der Waals surface area contributed by atoms with E-state index in [4.69, 9.17) is 5.11 Å². The molecule has 0 aromatic heterocycles. The molecule has 0 bridgehead atoms. The van der Waals surface area contributed by atoms with Crippen LogP contribution in [0.5, 0.6) is 0 Å². The van der Waals surface area contributed by atoms with Gasteiger partial charge in [0.15, 0.2) is 0 Å². The number of halogens is 4. The molecule has 1 N–H and O–H groups in total. The number of aliphatic carboxylic acids is 1. The van der Waals surface area contributed by atoms with E-state index in [0.717, 1.165) is 0 Å². The van der Waals surface area contributed by atoms with Gasteiger partial charge in [-0.3, -0.25) is 4.79 Å². The molecule has 0 unspecified atom stereocenters. The van der Waals surface area contributed by atoms with Gasteiger partial charge in [0.05, 0.1) is 5.92 Å². The highest BCUT2D eigenvalue weighted by molar-refractivity contribution is 5.70. The predicted octanol–water partition coefficient (Wildman–Crippen LogP) is 3.95. The van der Waals surface area contributed by atoms with Crippen LogP contribution >= 0.6 is 0 Å². The van der Waals surface area contributed by atoms with Gasteiger partial charge < -0.3 is 5.11 Å². The lowest BCUT2D eigenvalue weighted by Crippen LogP contribution is -2.41. The summed E-state index contributed by atoms with van der Waals surface area (Å²) in [5.74, 6) is -8.46. The highest BCUT2D eigenvalue weighted by Gasteiger charge is 2.48. The summed E-state index contributed by atoms with van der Waals surface area (Å²) in [7, 11) is 0. The summed E-state index contributed by atoms with van der Waals surface area (Å²) in [6.07, 6.45) is -0.873. The fourth-order valence-electron chi connectivity index (χ4n) is 3.48. The molecule has 0 heterocycles. The zero-order valence-corrected chi connectivity index (χ0v) is 10.5. The number of carboxylic acid groups (broad SMARTS) is 1. The minimum Gasteiger partial charge on any atom is -0.481 e. The van der Waals surface area contributed by atoms with Gasteiger partial charge in [-0.2, -0.15) is 0 Å². The third-order valence-corrected chi connectivity index (χ3v) is 4.56. The number of carbonyl (C=O) groups is 1. The molecular formula is C13H18F4O2. The van der Waals surface area contributed by atoms with Crippen LogP contribution in [0.3, 0.4) is 0 Å². The molecule has 0 aromatic rings. The number of hydrogen-bond donors (Lipinski definition) is 1. The van der Waals surface area contributed by atoms with Gasteiger partial charge in [-0.05, 0) is 31.1 Å². The minimum atomic E-state index is -2.93. The van der Waals surface area contributed by atoms with Crippen LogP contribution in [0.1, 0.15) is 44.9 Å². The van der Waals surface area contributed by atoms with E-state index in [-0.39, 0.29) is 50.4 Å². The fraction of sp³-hybridized carbons (Fsp3) is 0.923. The highest BCUT2D eigenvalue weighted by Crippen LogP contribution is 2.48. The standard InChI is InChI=1S/C13H18F4O2/c14-12(15)4-1-8(2-5-12)9-3-6-13(16,17)7-10(9)11(18)19/h8-10H,1-7H2,(H,18,19)/t9-,10+/m0/s1. The lowest BCUT2D eigenvalue weighted by Gasteiger charge is -2.41. The molecule has 2 nitrogen and oxygen atoms in total. The average Bonchev–Trinajstić information content (AvgIpc) is 2.28. The van der Waals surface area contributed by atoms with Crippen LogP contribution in [-0.4, -0.2) is 22.9 Å². The molecule has 2 saturated carbocycles. The third-order valence-electron chi connectivity index (χ3n) is 4.56. The summed E-state index contributed by atoms with van der Waals surface area (Å²) in [5, 5.41) is 9.09. The van der Waals surface area contributed by atoms with Gasteiger partial charge in [-0.15, -0.1) is 0 Å². The van der Waals surface area contributed by atoms with Gasteiger partial charge in [-0.25, -0.2) is 17.6 Å². The third kappa shape index (κ3) is 3.39. The molecule has 0 spiro atoms. The van der Waals surface area contributed by atoms with Crippen LogP contribution < -0.4 is 0 Å². The minimum absolute atomic E-state index is 0.125. The van der Waals surface area contributed by atoms with E-state index in [1.165, 1.54) is 0 Å². The first-order valence-corrected chi connectivity index (χ1v) is 6.69. The Labute approximate surface area is 109 Å². The van der Waals surface area contributed by atoms with Crippen molar-refractivity contribution >= 4 is 5.97 Å². The second-order valence-electron chi connectivity index (χ2n) is 5.90. The van der Waals surface area contributed by atoms with E-state index < -0.39 is 30.2 Å². The first-order chi connectivity index (χ1) is 8.70. The number of alkyl halides is 4. The Morgan fingerprint density at radius 3 is 2.00 bits per heavy atom. The Morgan fingerprint density at radius 2 is 1.47 bits per heavy atom. The van der Waals surface area contributed by atoms with Crippen molar-refractivity contribution in [3.63, 3.8) is 0 Å². The van der Waals surface area contributed by atoms with E-state index in [2.05, 4.69) is 0 Å². The van der Waals surface area contributed by atoms with Crippen LogP contribution in [0.25, 0.3) is 0 Å². The zero-order chi connectivity index (χ0) is 14.3. The van der Waals surface area contributed by atoms with E-state index in [0.29, 0.717) is 0 Å². The smallest absolute Gasteiger partial charge is 0.307 e. The number of rotatable bonds is 2. The van der Waals surface area contributed by atoms with Crippen LogP contribution in [-0.2, 0) is 4.79 Å². The first-order valence-electron chi connectivity index (χ1n) is 6.69. The van der Waals surface area contributed by atoms with Crippen molar-refractivity contribution in [3.05, 3.63) is 0 Å². The Bertz CT molecular complexity index is 347. The molecule has 0 aromatic carbocycles. The van der Waals surface area contributed by atoms with Crippen molar-refractivity contribution < 1.29 is 27.5 Å². The van der Waals surface area contributed by atoms with E-state index in [1.807, 2.05) is 0 Å². The summed E-state index contributed by atoms with van der Waals surface area (Å²) in [6, 6.07) is 0. The number of hydrogen-bond acceptors (Lipinski definition) is 1. The quantitative estimate of drug-likeness (QED) is 0.779. The Balaban J connectivity index is 2.04. The van der Waals surface area contributed by atoms with E-state index in [9.17, 15) is 22.4 Å². The van der Waals surface area contributed by atoms with E-state index in [1.54, 1.807) is 0 Å². The van der Waals surface area contributed by atoms with Crippen molar-refractivity contribution in [1.82, 2.24) is 0 Å². The lowest BCUT2D eigenvalue weighted by atomic mass is 9.66. The summed E-state index contributed by atoms with van der Waals surface area (Å²) in [4.78, 5) is 11.1. The van der Waals surface area contributed by atoms with Gasteiger partial charge >= 0.3 is 5.97 Å². The summed E-state index contributed by atoms with van der Waals surface area (Å²) >= 11 is 0. The predicted molar refractivity (Wildman–Crippen MR) is 60.3 cm³/mol. The van der Waals surface area contributed by atoms with Crippen molar-refractivity contribution in [2.45, 2.75) is 56.8 Å². The molecule has 2 rings (SSSR count). The molecule has 6 heteroatoms. The molecule has 0 saturated heterocycles.